The maximum Gasteiger partial charge on any atom is 0.358 e. The lowest BCUT2D eigenvalue weighted by Crippen LogP contribution is -2.55. The number of hydrogen-bond donors (Lipinski definition) is 1. The number of esters is 1. The van der Waals surface area contributed by atoms with Crippen LogP contribution in [-0.4, -0.2) is 48.2 Å². The summed E-state index contributed by atoms with van der Waals surface area (Å²) < 4.78 is 4.59. The van der Waals surface area contributed by atoms with Crippen LogP contribution in [0, 0.1) is 0 Å². The Labute approximate surface area is 112 Å². The van der Waals surface area contributed by atoms with E-state index in [1.165, 1.54) is 13.3 Å². The highest BCUT2D eigenvalue weighted by atomic mass is 16.5. The van der Waals surface area contributed by atoms with Gasteiger partial charge in [-0.25, -0.2) is 14.8 Å². The topological polar surface area (TPSA) is 67.4 Å². The summed E-state index contributed by atoms with van der Waals surface area (Å²) in [7, 11) is 1.32. The van der Waals surface area contributed by atoms with Gasteiger partial charge in [0, 0.05) is 25.2 Å². The van der Waals surface area contributed by atoms with Crippen molar-refractivity contribution >= 4 is 11.8 Å². The number of hydrogen-bond acceptors (Lipinski definition) is 6. The molecule has 2 atom stereocenters. The van der Waals surface area contributed by atoms with Crippen LogP contribution in [-0.2, 0) is 4.74 Å². The van der Waals surface area contributed by atoms with Crippen molar-refractivity contribution in [3.63, 3.8) is 0 Å². The molecule has 2 heterocycles. The minimum Gasteiger partial charge on any atom is -0.464 e. The number of piperazine rings is 1. The molecule has 1 fully saturated rings. The van der Waals surface area contributed by atoms with Gasteiger partial charge in [0.15, 0.2) is 5.69 Å². The molecule has 1 saturated heterocycles. The van der Waals surface area contributed by atoms with Gasteiger partial charge in [0.25, 0.3) is 0 Å². The summed E-state index contributed by atoms with van der Waals surface area (Å²) in [6.45, 7) is 7.55. The minimum absolute atomic E-state index is 0.217. The lowest BCUT2D eigenvalue weighted by atomic mass is 10.1. The molecule has 1 aliphatic heterocycles. The smallest absolute Gasteiger partial charge is 0.358 e. The van der Waals surface area contributed by atoms with Gasteiger partial charge < -0.3 is 15.0 Å². The van der Waals surface area contributed by atoms with E-state index in [0.29, 0.717) is 6.04 Å². The van der Waals surface area contributed by atoms with E-state index < -0.39 is 5.97 Å². The quantitative estimate of drug-likeness (QED) is 0.636. The normalized spacial score (nSPS) is 22.9. The van der Waals surface area contributed by atoms with Crippen LogP contribution < -0.4 is 10.2 Å². The zero-order chi connectivity index (χ0) is 13.8. The van der Waals surface area contributed by atoms with Gasteiger partial charge >= 0.3 is 5.97 Å². The zero-order valence-electron chi connectivity index (χ0n) is 11.2. The van der Waals surface area contributed by atoms with E-state index >= 15 is 0 Å². The molecule has 0 spiro atoms. The largest absolute Gasteiger partial charge is 0.464 e. The summed E-state index contributed by atoms with van der Waals surface area (Å²) in [5.74, 6) is 0.282. The second-order valence-electron chi connectivity index (χ2n) is 4.57. The van der Waals surface area contributed by atoms with Gasteiger partial charge in [0.1, 0.15) is 5.82 Å². The van der Waals surface area contributed by atoms with Crippen molar-refractivity contribution in [2.75, 3.05) is 25.1 Å². The van der Waals surface area contributed by atoms with Crippen LogP contribution in [0.15, 0.2) is 25.0 Å². The van der Waals surface area contributed by atoms with Crippen LogP contribution in [0.1, 0.15) is 17.4 Å². The maximum atomic E-state index is 11.3. The van der Waals surface area contributed by atoms with Gasteiger partial charge in [-0.15, -0.1) is 6.58 Å². The van der Waals surface area contributed by atoms with Crippen LogP contribution >= 0.6 is 0 Å². The van der Waals surface area contributed by atoms with Gasteiger partial charge in [0.05, 0.1) is 19.5 Å². The fourth-order valence-corrected chi connectivity index (χ4v) is 2.14. The molecular formula is C13H18N4O2. The molecule has 6 heteroatoms. The number of rotatable bonds is 3. The first kappa shape index (κ1) is 13.5. The molecule has 19 heavy (non-hydrogen) atoms. The molecule has 1 aromatic rings. The van der Waals surface area contributed by atoms with Crippen molar-refractivity contribution < 1.29 is 9.53 Å². The van der Waals surface area contributed by atoms with Crippen LogP contribution in [0.25, 0.3) is 0 Å². The van der Waals surface area contributed by atoms with E-state index in [9.17, 15) is 4.79 Å². The molecule has 6 nitrogen and oxygen atoms in total. The van der Waals surface area contributed by atoms with Crippen molar-refractivity contribution in [1.29, 1.82) is 0 Å². The van der Waals surface area contributed by atoms with Crippen LogP contribution in [0.3, 0.4) is 0 Å². The highest BCUT2D eigenvalue weighted by molar-refractivity contribution is 5.86. The summed E-state index contributed by atoms with van der Waals surface area (Å²) in [5, 5.41) is 3.42. The summed E-state index contributed by atoms with van der Waals surface area (Å²) in [5.41, 5.74) is 0.217. The molecule has 2 rings (SSSR count). The van der Waals surface area contributed by atoms with E-state index in [2.05, 4.69) is 38.4 Å². The van der Waals surface area contributed by atoms with Crippen LogP contribution in [0.4, 0.5) is 5.82 Å². The molecule has 0 unspecified atom stereocenters. The number of nitrogens with one attached hydrogen (secondary N) is 1. The maximum absolute atomic E-state index is 11.3. The molecule has 1 aliphatic rings. The van der Waals surface area contributed by atoms with E-state index in [4.69, 9.17) is 0 Å². The number of carbonyl (C=O) groups excluding carboxylic acids is 1. The Morgan fingerprint density at radius 3 is 2.89 bits per heavy atom. The predicted octanol–water partition coefficient (Wildman–Crippen LogP) is 0.616. The fraction of sp³-hybridized carbons (Fsp3) is 0.462. The fourth-order valence-electron chi connectivity index (χ4n) is 2.14. The van der Waals surface area contributed by atoms with Crippen molar-refractivity contribution in [2.24, 2.45) is 0 Å². The van der Waals surface area contributed by atoms with E-state index in [1.54, 1.807) is 6.20 Å². The van der Waals surface area contributed by atoms with E-state index in [-0.39, 0.29) is 11.7 Å². The van der Waals surface area contributed by atoms with E-state index in [0.717, 1.165) is 18.9 Å². The van der Waals surface area contributed by atoms with Gasteiger partial charge in [-0.05, 0) is 6.92 Å². The summed E-state index contributed by atoms with van der Waals surface area (Å²) in [6, 6.07) is 0.574. The van der Waals surface area contributed by atoms with Gasteiger partial charge in [-0.3, -0.25) is 0 Å². The van der Waals surface area contributed by atoms with Gasteiger partial charge in [-0.2, -0.15) is 0 Å². The second kappa shape index (κ2) is 5.79. The summed E-state index contributed by atoms with van der Waals surface area (Å²) >= 11 is 0. The monoisotopic (exact) mass is 262 g/mol. The Kier molecular flexibility index (Phi) is 4.11. The molecule has 0 bridgehead atoms. The number of aromatic nitrogens is 2. The molecule has 1 aromatic heterocycles. The first-order chi connectivity index (χ1) is 9.13. The lowest BCUT2D eigenvalue weighted by Gasteiger charge is -2.36. The first-order valence-electron chi connectivity index (χ1n) is 6.18. The SMILES string of the molecule is C=C[C@@H]1CN(c2cnc(C(=O)OC)cn2)C[C@@H](C)N1. The first-order valence-corrected chi connectivity index (χ1v) is 6.18. The average molecular weight is 262 g/mol. The molecule has 0 saturated carbocycles. The van der Waals surface area contributed by atoms with Crippen molar-refractivity contribution in [3.05, 3.63) is 30.7 Å². The number of carbonyl (C=O) groups is 1. The van der Waals surface area contributed by atoms with Crippen LogP contribution in [0.2, 0.25) is 0 Å². The van der Waals surface area contributed by atoms with E-state index in [1.807, 2.05) is 6.08 Å². The third-order valence-electron chi connectivity index (χ3n) is 3.05. The number of nitrogens with zero attached hydrogens (tertiary/aromatic N) is 3. The Hall–Kier alpha value is -1.95. The Morgan fingerprint density at radius 2 is 2.32 bits per heavy atom. The molecule has 0 aliphatic carbocycles. The number of methoxy groups -OCH3 is 1. The summed E-state index contributed by atoms with van der Waals surface area (Å²) in [4.78, 5) is 21.8. The molecule has 1 N–H and O–H groups in total. The third-order valence-corrected chi connectivity index (χ3v) is 3.05. The minimum atomic E-state index is -0.475. The Morgan fingerprint density at radius 1 is 1.53 bits per heavy atom. The zero-order valence-corrected chi connectivity index (χ0v) is 11.2. The van der Waals surface area contributed by atoms with Gasteiger partial charge in [-0.1, -0.05) is 6.08 Å². The highest BCUT2D eigenvalue weighted by Gasteiger charge is 2.23. The molecule has 0 radical (unpaired) electrons. The van der Waals surface area contributed by atoms with Crippen molar-refractivity contribution in [1.82, 2.24) is 15.3 Å². The molecule has 0 amide bonds. The molecule has 0 aromatic carbocycles. The molecular weight excluding hydrogens is 244 g/mol. The predicted molar refractivity (Wildman–Crippen MR) is 72.2 cm³/mol. The standard InChI is InChI=1S/C13H18N4O2/c1-4-10-8-17(7-9(2)16-10)12-6-14-11(5-15-12)13(18)19-3/h4-6,9-10,16H,1,7-8H2,2-3H3/t9-,10-/m1/s1. The van der Waals surface area contributed by atoms with Gasteiger partial charge in [0.2, 0.25) is 0 Å². The summed E-state index contributed by atoms with van der Waals surface area (Å²) in [6.07, 6.45) is 4.93. The third kappa shape index (κ3) is 3.08. The van der Waals surface area contributed by atoms with Crippen molar-refractivity contribution in [3.8, 4) is 0 Å². The highest BCUT2D eigenvalue weighted by Crippen LogP contribution is 2.14. The molecule has 102 valence electrons. The van der Waals surface area contributed by atoms with Crippen LogP contribution in [0.5, 0.6) is 0 Å². The number of ether oxygens (including phenoxy) is 1. The average Bonchev–Trinajstić information content (AvgIpc) is 2.46. The Bertz CT molecular complexity index is 460. The second-order valence-corrected chi connectivity index (χ2v) is 4.57. The lowest BCUT2D eigenvalue weighted by molar-refractivity contribution is 0.0593. The Balaban J connectivity index is 2.13. The number of anilines is 1. The van der Waals surface area contributed by atoms with Crippen molar-refractivity contribution in [2.45, 2.75) is 19.0 Å².